The number of halogens is 2. The van der Waals surface area contributed by atoms with Gasteiger partial charge in [0.25, 0.3) is 6.43 Å². The maximum absolute atomic E-state index is 11.8. The van der Waals surface area contributed by atoms with Crippen LogP contribution in [0.4, 0.5) is 8.78 Å². The van der Waals surface area contributed by atoms with Crippen molar-refractivity contribution in [3.63, 3.8) is 0 Å². The molecule has 0 spiro atoms. The molecule has 0 saturated heterocycles. The second kappa shape index (κ2) is 5.67. The Labute approximate surface area is 77.6 Å². The summed E-state index contributed by atoms with van der Waals surface area (Å²) in [6, 6.07) is 0. The lowest BCUT2D eigenvalue weighted by Gasteiger charge is -1.97. The van der Waals surface area contributed by atoms with Gasteiger partial charge in [0.05, 0.1) is 5.69 Å². The third-order valence-electron chi connectivity index (χ3n) is 1.52. The smallest absolute Gasteiger partial charge is 0.257 e. The summed E-state index contributed by atoms with van der Waals surface area (Å²) in [6.07, 6.45) is -0.699. The van der Waals surface area contributed by atoms with E-state index in [9.17, 15) is 8.78 Å². The Balaban J connectivity index is 0.000000671. The number of aromatic nitrogens is 2. The first-order valence-corrected chi connectivity index (χ1v) is 4.38. The van der Waals surface area contributed by atoms with Crippen LogP contribution < -0.4 is 0 Å². The van der Waals surface area contributed by atoms with Crippen LogP contribution in [0.1, 0.15) is 25.1 Å². The standard InChI is InChI=1S/C7H10F2N2.C2H6/c1-5-3-11(4-7(8)9)10-6(5)2;1-2/h3,7H,4H2,1-2H3;1-2H3. The monoisotopic (exact) mass is 190 g/mol. The van der Waals surface area contributed by atoms with E-state index in [4.69, 9.17) is 0 Å². The zero-order chi connectivity index (χ0) is 10.4. The van der Waals surface area contributed by atoms with E-state index in [1.54, 1.807) is 13.1 Å². The third kappa shape index (κ3) is 4.01. The fourth-order valence-electron chi connectivity index (χ4n) is 0.852. The largest absolute Gasteiger partial charge is 0.266 e. The van der Waals surface area contributed by atoms with Crippen molar-refractivity contribution in [1.29, 1.82) is 0 Å². The highest BCUT2D eigenvalue weighted by Crippen LogP contribution is 2.04. The molecule has 0 aliphatic carbocycles. The van der Waals surface area contributed by atoms with Gasteiger partial charge in [-0.3, -0.25) is 4.68 Å². The van der Waals surface area contributed by atoms with Crippen LogP contribution in [0.5, 0.6) is 0 Å². The van der Waals surface area contributed by atoms with E-state index < -0.39 is 6.43 Å². The first kappa shape index (κ1) is 12.1. The molecule has 1 aromatic heterocycles. The summed E-state index contributed by atoms with van der Waals surface area (Å²) in [5.41, 5.74) is 1.76. The summed E-state index contributed by atoms with van der Waals surface area (Å²) in [4.78, 5) is 0. The molecular weight excluding hydrogens is 174 g/mol. The second-order valence-corrected chi connectivity index (χ2v) is 2.51. The van der Waals surface area contributed by atoms with Crippen LogP contribution in [0.2, 0.25) is 0 Å². The van der Waals surface area contributed by atoms with Crippen molar-refractivity contribution in [2.75, 3.05) is 0 Å². The highest BCUT2D eigenvalue weighted by atomic mass is 19.3. The first-order valence-electron chi connectivity index (χ1n) is 4.38. The summed E-state index contributed by atoms with van der Waals surface area (Å²) in [5, 5.41) is 3.89. The van der Waals surface area contributed by atoms with Gasteiger partial charge in [-0.05, 0) is 19.4 Å². The lowest BCUT2D eigenvalue weighted by atomic mass is 10.3. The van der Waals surface area contributed by atoms with Crippen LogP contribution in [-0.2, 0) is 6.54 Å². The van der Waals surface area contributed by atoms with E-state index in [-0.39, 0.29) is 6.54 Å². The quantitative estimate of drug-likeness (QED) is 0.701. The maximum Gasteiger partial charge on any atom is 0.257 e. The molecule has 2 nitrogen and oxygen atoms in total. The molecule has 1 heterocycles. The number of aryl methyl sites for hydroxylation is 2. The zero-order valence-corrected chi connectivity index (χ0v) is 8.51. The van der Waals surface area contributed by atoms with Crippen LogP contribution in [0, 0.1) is 13.8 Å². The molecule has 0 fully saturated rings. The molecule has 4 heteroatoms. The average molecular weight is 190 g/mol. The fourth-order valence-corrected chi connectivity index (χ4v) is 0.852. The Bertz CT molecular complexity index is 224. The molecule has 0 aromatic carbocycles. The normalized spacial score (nSPS) is 9.77. The van der Waals surface area contributed by atoms with Crippen molar-refractivity contribution in [2.45, 2.75) is 40.7 Å². The summed E-state index contributed by atoms with van der Waals surface area (Å²) >= 11 is 0. The molecule has 0 radical (unpaired) electrons. The molecule has 1 rings (SSSR count). The predicted octanol–water partition coefficient (Wildman–Crippen LogP) is 2.79. The number of hydrogen-bond donors (Lipinski definition) is 0. The van der Waals surface area contributed by atoms with Gasteiger partial charge >= 0.3 is 0 Å². The van der Waals surface area contributed by atoms with Crippen molar-refractivity contribution >= 4 is 0 Å². The van der Waals surface area contributed by atoms with Gasteiger partial charge in [-0.15, -0.1) is 0 Å². The van der Waals surface area contributed by atoms with E-state index in [1.807, 2.05) is 20.8 Å². The van der Waals surface area contributed by atoms with Crippen molar-refractivity contribution in [3.05, 3.63) is 17.5 Å². The Hall–Kier alpha value is -0.930. The average Bonchev–Trinajstić information content (AvgIpc) is 2.34. The van der Waals surface area contributed by atoms with E-state index >= 15 is 0 Å². The number of hydrogen-bond acceptors (Lipinski definition) is 1. The molecule has 0 aliphatic heterocycles. The molecule has 13 heavy (non-hydrogen) atoms. The lowest BCUT2D eigenvalue weighted by molar-refractivity contribution is 0.121. The van der Waals surface area contributed by atoms with Crippen LogP contribution in [0.15, 0.2) is 6.20 Å². The number of rotatable bonds is 2. The van der Waals surface area contributed by atoms with E-state index in [0.29, 0.717) is 0 Å². The van der Waals surface area contributed by atoms with Crippen LogP contribution >= 0.6 is 0 Å². The minimum absolute atomic E-state index is 0.311. The topological polar surface area (TPSA) is 17.8 Å². The molecule has 0 bridgehead atoms. The molecule has 0 atom stereocenters. The van der Waals surface area contributed by atoms with Gasteiger partial charge < -0.3 is 0 Å². The highest BCUT2D eigenvalue weighted by Gasteiger charge is 2.05. The van der Waals surface area contributed by atoms with Crippen LogP contribution in [0.25, 0.3) is 0 Å². The molecule has 0 amide bonds. The molecule has 0 N–H and O–H groups in total. The van der Waals surface area contributed by atoms with E-state index in [2.05, 4.69) is 5.10 Å². The summed E-state index contributed by atoms with van der Waals surface area (Å²) in [5.74, 6) is 0. The van der Waals surface area contributed by atoms with E-state index in [0.717, 1.165) is 11.3 Å². The number of alkyl halides is 2. The van der Waals surface area contributed by atoms with Gasteiger partial charge in [-0.1, -0.05) is 13.8 Å². The Morgan fingerprint density at radius 3 is 2.23 bits per heavy atom. The van der Waals surface area contributed by atoms with Crippen LogP contribution in [0.3, 0.4) is 0 Å². The maximum atomic E-state index is 11.8. The van der Waals surface area contributed by atoms with Crippen molar-refractivity contribution in [2.24, 2.45) is 0 Å². The SMILES string of the molecule is CC.Cc1cn(CC(F)F)nc1C. The molecule has 1 aromatic rings. The van der Waals surface area contributed by atoms with Gasteiger partial charge in [0, 0.05) is 6.20 Å². The molecular formula is C9H16F2N2. The van der Waals surface area contributed by atoms with E-state index in [1.165, 1.54) is 4.68 Å². The summed E-state index contributed by atoms with van der Waals surface area (Å²) < 4.78 is 24.9. The molecule has 0 unspecified atom stereocenters. The highest BCUT2D eigenvalue weighted by molar-refractivity contribution is 5.12. The predicted molar refractivity (Wildman–Crippen MR) is 49.1 cm³/mol. The van der Waals surface area contributed by atoms with Gasteiger partial charge in [0.15, 0.2) is 0 Å². The van der Waals surface area contributed by atoms with Crippen LogP contribution in [-0.4, -0.2) is 16.2 Å². The van der Waals surface area contributed by atoms with Gasteiger partial charge in [-0.25, -0.2) is 8.78 Å². The summed E-state index contributed by atoms with van der Waals surface area (Å²) in [6.45, 7) is 7.34. The van der Waals surface area contributed by atoms with Crippen molar-refractivity contribution in [3.8, 4) is 0 Å². The van der Waals surface area contributed by atoms with Crippen molar-refractivity contribution < 1.29 is 8.78 Å². The van der Waals surface area contributed by atoms with Gasteiger partial charge in [0.2, 0.25) is 0 Å². The Kier molecular flexibility index (Phi) is 5.26. The van der Waals surface area contributed by atoms with Crippen molar-refractivity contribution in [1.82, 2.24) is 9.78 Å². The first-order chi connectivity index (χ1) is 6.09. The van der Waals surface area contributed by atoms with Gasteiger partial charge in [-0.2, -0.15) is 5.10 Å². The lowest BCUT2D eigenvalue weighted by Crippen LogP contribution is -2.06. The number of nitrogens with zero attached hydrogens (tertiary/aromatic N) is 2. The molecule has 0 aliphatic rings. The third-order valence-corrected chi connectivity index (χ3v) is 1.52. The minimum Gasteiger partial charge on any atom is -0.266 e. The molecule has 76 valence electrons. The minimum atomic E-state index is -2.33. The molecule has 0 saturated carbocycles. The zero-order valence-electron chi connectivity index (χ0n) is 8.51. The fraction of sp³-hybridized carbons (Fsp3) is 0.667. The second-order valence-electron chi connectivity index (χ2n) is 2.51. The Morgan fingerprint density at radius 1 is 1.38 bits per heavy atom. The summed E-state index contributed by atoms with van der Waals surface area (Å²) in [7, 11) is 0. The Morgan fingerprint density at radius 2 is 1.92 bits per heavy atom. The van der Waals surface area contributed by atoms with Gasteiger partial charge in [0.1, 0.15) is 6.54 Å².